The number of carbonyl (C=O) groups is 1. The van der Waals surface area contributed by atoms with Gasteiger partial charge in [0, 0.05) is 32.9 Å². The Morgan fingerprint density at radius 1 is 1.07 bits per heavy atom. The molecule has 1 fully saturated rings. The molecule has 0 saturated heterocycles. The number of rotatable bonds is 6. The predicted molar refractivity (Wildman–Crippen MR) is 121 cm³/mol. The summed E-state index contributed by atoms with van der Waals surface area (Å²) in [5.41, 5.74) is 3.25. The summed E-state index contributed by atoms with van der Waals surface area (Å²) in [6.45, 7) is 5.74. The number of carbonyl (C=O) groups excluding carboxylic acids is 1. The maximum atomic E-state index is 11.6. The molecule has 150 valence electrons. The van der Waals surface area contributed by atoms with E-state index in [1.54, 1.807) is 14.0 Å². The Morgan fingerprint density at radius 3 is 2.46 bits per heavy atom. The Morgan fingerprint density at radius 2 is 1.79 bits per heavy atom. The number of amides is 1. The lowest BCUT2D eigenvalue weighted by molar-refractivity contribution is -0.114. The molecule has 2 atom stereocenters. The molecule has 0 spiro atoms. The summed E-state index contributed by atoms with van der Waals surface area (Å²) in [5, 5.41) is 4.16. The molecule has 1 saturated carbocycles. The maximum Gasteiger partial charge on any atom is 0.221 e. The molecule has 1 amide bonds. The van der Waals surface area contributed by atoms with Gasteiger partial charge in [0.15, 0.2) is 0 Å². The van der Waals surface area contributed by atoms with Crippen LogP contribution < -0.4 is 10.1 Å². The fraction of sp³-hybridized carbons (Fsp3) is 0.435. The molecule has 0 bridgehead atoms. The number of hydrogen-bond donors (Lipinski definition) is 1. The second kappa shape index (κ2) is 9.75. The Balaban J connectivity index is 1.78. The van der Waals surface area contributed by atoms with E-state index in [0.717, 1.165) is 17.0 Å². The van der Waals surface area contributed by atoms with Gasteiger partial charge in [0.05, 0.1) is 7.11 Å². The van der Waals surface area contributed by atoms with Crippen LogP contribution in [0.4, 0.5) is 5.69 Å². The van der Waals surface area contributed by atoms with Crippen LogP contribution in [0.5, 0.6) is 5.75 Å². The van der Waals surface area contributed by atoms with Crippen LogP contribution in [0, 0.1) is 13.8 Å². The van der Waals surface area contributed by atoms with Crippen LogP contribution >= 0.6 is 23.5 Å². The van der Waals surface area contributed by atoms with Crippen LogP contribution in [0.15, 0.2) is 46.2 Å². The lowest BCUT2D eigenvalue weighted by atomic mass is 10.00. The summed E-state index contributed by atoms with van der Waals surface area (Å²) in [6, 6.07) is 12.7. The minimum absolute atomic E-state index is 0.0162. The third-order valence-corrected chi connectivity index (χ3v) is 8.30. The minimum atomic E-state index is -0.0162. The van der Waals surface area contributed by atoms with E-state index in [4.69, 9.17) is 4.74 Å². The first-order valence-corrected chi connectivity index (χ1v) is 11.6. The quantitative estimate of drug-likeness (QED) is 0.587. The smallest absolute Gasteiger partial charge is 0.221 e. The third kappa shape index (κ3) is 5.26. The van der Waals surface area contributed by atoms with Crippen molar-refractivity contribution in [3.05, 3.63) is 47.5 Å². The first kappa shape index (κ1) is 21.1. The highest BCUT2D eigenvalue weighted by Crippen LogP contribution is 2.44. The molecule has 3 rings (SSSR count). The van der Waals surface area contributed by atoms with Gasteiger partial charge in [-0.1, -0.05) is 25.0 Å². The topological polar surface area (TPSA) is 38.3 Å². The molecular weight excluding hydrogens is 386 g/mol. The number of nitrogens with one attached hydrogen (secondary N) is 1. The zero-order valence-electron chi connectivity index (χ0n) is 17.1. The molecule has 3 nitrogen and oxygen atoms in total. The monoisotopic (exact) mass is 415 g/mol. The largest absolute Gasteiger partial charge is 0.497 e. The van der Waals surface area contributed by atoms with Crippen molar-refractivity contribution >= 4 is 35.1 Å². The van der Waals surface area contributed by atoms with Gasteiger partial charge in [-0.05, 0) is 62.1 Å². The van der Waals surface area contributed by atoms with Crippen molar-refractivity contribution in [2.45, 2.75) is 66.7 Å². The first-order valence-electron chi connectivity index (χ1n) is 9.83. The zero-order chi connectivity index (χ0) is 20.1. The van der Waals surface area contributed by atoms with E-state index < -0.39 is 0 Å². The summed E-state index contributed by atoms with van der Waals surface area (Å²) in [4.78, 5) is 14.1. The van der Waals surface area contributed by atoms with Gasteiger partial charge in [-0.3, -0.25) is 4.79 Å². The lowest BCUT2D eigenvalue weighted by Crippen LogP contribution is -2.24. The van der Waals surface area contributed by atoms with Gasteiger partial charge in [-0.25, -0.2) is 0 Å². The van der Waals surface area contributed by atoms with Gasteiger partial charge in [0.2, 0.25) is 5.91 Å². The number of hydrogen-bond acceptors (Lipinski definition) is 4. The summed E-state index contributed by atoms with van der Waals surface area (Å²) in [5.74, 6) is 0.900. The van der Waals surface area contributed by atoms with E-state index in [1.165, 1.54) is 41.0 Å². The standard InChI is InChI=1S/C23H29NO2S2/c1-15-12-13-20(16(2)23(15)24-17(3)25)28-22-11-6-5-10-21(22)27-19-9-7-8-18(14-19)26-4/h7-9,12-14,21-22H,5-6,10-11H2,1-4H3,(H,24,25). The maximum absolute atomic E-state index is 11.6. The first-order chi connectivity index (χ1) is 13.5. The van der Waals surface area contributed by atoms with Gasteiger partial charge in [-0.15, -0.1) is 23.5 Å². The predicted octanol–water partition coefficient (Wildman–Crippen LogP) is 6.47. The number of aryl methyl sites for hydroxylation is 1. The number of benzene rings is 2. The molecule has 28 heavy (non-hydrogen) atoms. The molecule has 2 aromatic carbocycles. The van der Waals surface area contributed by atoms with Crippen LogP contribution in [0.3, 0.4) is 0 Å². The van der Waals surface area contributed by atoms with Crippen LogP contribution in [0.25, 0.3) is 0 Å². The van der Waals surface area contributed by atoms with Crippen molar-refractivity contribution in [2.24, 2.45) is 0 Å². The third-order valence-electron chi connectivity index (χ3n) is 5.17. The fourth-order valence-electron chi connectivity index (χ4n) is 3.67. The Hall–Kier alpha value is -1.59. The number of methoxy groups -OCH3 is 1. The van der Waals surface area contributed by atoms with Gasteiger partial charge in [0.25, 0.3) is 0 Å². The second-order valence-electron chi connectivity index (χ2n) is 7.34. The summed E-state index contributed by atoms with van der Waals surface area (Å²) in [6.07, 6.45) is 5.05. The molecule has 1 aliphatic carbocycles. The second-order valence-corrected chi connectivity index (χ2v) is 9.93. The average Bonchev–Trinajstić information content (AvgIpc) is 2.68. The SMILES string of the molecule is COc1cccc(SC2CCCCC2Sc2ccc(C)c(NC(C)=O)c2C)c1. The van der Waals surface area contributed by atoms with E-state index in [1.807, 2.05) is 29.6 Å². The van der Waals surface area contributed by atoms with Gasteiger partial charge >= 0.3 is 0 Å². The Kier molecular flexibility index (Phi) is 7.36. The number of anilines is 1. The molecule has 2 aromatic rings. The van der Waals surface area contributed by atoms with Crippen molar-refractivity contribution in [3.63, 3.8) is 0 Å². The molecule has 0 aromatic heterocycles. The van der Waals surface area contributed by atoms with Crippen LogP contribution in [0.2, 0.25) is 0 Å². The van der Waals surface area contributed by atoms with E-state index in [0.29, 0.717) is 10.5 Å². The summed E-state index contributed by atoms with van der Waals surface area (Å²) < 4.78 is 5.39. The Labute approximate surface area is 177 Å². The number of thioether (sulfide) groups is 2. The minimum Gasteiger partial charge on any atom is -0.497 e. The van der Waals surface area contributed by atoms with Gasteiger partial charge in [0.1, 0.15) is 5.75 Å². The van der Waals surface area contributed by atoms with E-state index in [9.17, 15) is 4.79 Å². The summed E-state index contributed by atoms with van der Waals surface area (Å²) >= 11 is 3.95. The fourth-order valence-corrected chi connectivity index (χ4v) is 6.59. The molecule has 0 heterocycles. The van der Waals surface area contributed by atoms with Crippen LogP contribution in [0.1, 0.15) is 43.7 Å². The van der Waals surface area contributed by atoms with Gasteiger partial charge in [-0.2, -0.15) is 0 Å². The van der Waals surface area contributed by atoms with Crippen molar-refractivity contribution in [3.8, 4) is 5.75 Å². The van der Waals surface area contributed by atoms with Crippen molar-refractivity contribution < 1.29 is 9.53 Å². The van der Waals surface area contributed by atoms with Crippen LogP contribution in [-0.2, 0) is 4.79 Å². The number of ether oxygens (including phenoxy) is 1. The molecule has 0 radical (unpaired) electrons. The summed E-state index contributed by atoms with van der Waals surface area (Å²) in [7, 11) is 1.72. The van der Waals surface area contributed by atoms with E-state index in [-0.39, 0.29) is 5.91 Å². The normalized spacial score (nSPS) is 19.3. The van der Waals surface area contributed by atoms with Crippen molar-refractivity contribution in [1.29, 1.82) is 0 Å². The Bertz CT molecular complexity index is 837. The molecule has 1 aliphatic rings. The highest BCUT2D eigenvalue weighted by molar-refractivity contribution is 8.03. The molecule has 2 unspecified atom stereocenters. The van der Waals surface area contributed by atoms with Crippen molar-refractivity contribution in [2.75, 3.05) is 12.4 Å². The molecular formula is C23H29NO2S2. The zero-order valence-corrected chi connectivity index (χ0v) is 18.7. The van der Waals surface area contributed by atoms with Crippen molar-refractivity contribution in [1.82, 2.24) is 0 Å². The van der Waals surface area contributed by atoms with Gasteiger partial charge < -0.3 is 10.1 Å². The average molecular weight is 416 g/mol. The highest BCUT2D eigenvalue weighted by Gasteiger charge is 2.28. The molecule has 5 heteroatoms. The van der Waals surface area contributed by atoms with E-state index >= 15 is 0 Å². The molecule has 0 aliphatic heterocycles. The molecule has 1 N–H and O–H groups in total. The highest BCUT2D eigenvalue weighted by atomic mass is 32.2. The lowest BCUT2D eigenvalue weighted by Gasteiger charge is -2.31. The van der Waals surface area contributed by atoms with Crippen LogP contribution in [-0.4, -0.2) is 23.5 Å². The van der Waals surface area contributed by atoms with E-state index in [2.05, 4.69) is 49.5 Å².